The van der Waals surface area contributed by atoms with Gasteiger partial charge in [-0.15, -0.1) is 0 Å². The number of aromatic nitrogens is 2. The quantitative estimate of drug-likeness (QED) is 0.302. The second-order valence-corrected chi connectivity index (χ2v) is 5.13. The van der Waals surface area contributed by atoms with Crippen LogP contribution in [0.25, 0.3) is 0 Å². The minimum Gasteiger partial charge on any atom is -0.494 e. The van der Waals surface area contributed by atoms with E-state index in [4.69, 9.17) is 15.2 Å². The predicted octanol–water partition coefficient (Wildman–Crippen LogP) is 2.02. The van der Waals surface area contributed by atoms with Crippen molar-refractivity contribution in [1.29, 1.82) is 0 Å². The van der Waals surface area contributed by atoms with Crippen molar-refractivity contribution in [2.45, 2.75) is 20.4 Å². The molecule has 2 aromatic rings. The number of nitrogens with zero attached hydrogens (tertiary/aromatic N) is 4. The summed E-state index contributed by atoms with van der Waals surface area (Å²) >= 11 is 0. The van der Waals surface area contributed by atoms with E-state index in [0.29, 0.717) is 43.5 Å². The molecule has 0 radical (unpaired) electrons. The van der Waals surface area contributed by atoms with Crippen molar-refractivity contribution in [3.05, 3.63) is 40.7 Å². The van der Waals surface area contributed by atoms with Crippen LogP contribution in [0.5, 0.6) is 11.5 Å². The zero-order valence-electron chi connectivity index (χ0n) is 14.7. The molecule has 0 saturated heterocycles. The van der Waals surface area contributed by atoms with Crippen LogP contribution in [0.15, 0.2) is 35.6 Å². The van der Waals surface area contributed by atoms with Crippen LogP contribution in [-0.2, 0) is 6.54 Å². The van der Waals surface area contributed by atoms with Crippen molar-refractivity contribution in [1.82, 2.24) is 9.78 Å². The lowest BCUT2D eigenvalue weighted by molar-refractivity contribution is -0.385. The number of nitrogens with one attached hydrogen (secondary N) is 1. The van der Waals surface area contributed by atoms with Gasteiger partial charge in [-0.3, -0.25) is 19.8 Å². The maximum absolute atomic E-state index is 10.6. The van der Waals surface area contributed by atoms with E-state index in [-0.39, 0.29) is 11.6 Å². The van der Waals surface area contributed by atoms with Crippen LogP contribution < -0.4 is 20.5 Å². The van der Waals surface area contributed by atoms with E-state index in [1.54, 1.807) is 12.1 Å². The summed E-state index contributed by atoms with van der Waals surface area (Å²) < 4.78 is 12.5. The molecule has 0 fully saturated rings. The summed E-state index contributed by atoms with van der Waals surface area (Å²) in [5.41, 5.74) is 6.50. The molecule has 0 unspecified atom stereocenters. The highest BCUT2D eigenvalue weighted by Crippen LogP contribution is 2.29. The number of nitro groups is 1. The Morgan fingerprint density at radius 2 is 2.15 bits per heavy atom. The second kappa shape index (κ2) is 9.25. The van der Waals surface area contributed by atoms with Crippen molar-refractivity contribution in [3.63, 3.8) is 0 Å². The van der Waals surface area contributed by atoms with Gasteiger partial charge in [0.15, 0.2) is 5.96 Å². The Kier molecular flexibility index (Phi) is 6.77. The van der Waals surface area contributed by atoms with Gasteiger partial charge < -0.3 is 20.5 Å². The minimum absolute atomic E-state index is 0.0610. The normalized spacial score (nSPS) is 11.2. The molecule has 140 valence electrons. The van der Waals surface area contributed by atoms with Gasteiger partial charge >= 0.3 is 5.69 Å². The Morgan fingerprint density at radius 1 is 1.38 bits per heavy atom. The summed E-state index contributed by atoms with van der Waals surface area (Å²) in [6.07, 6.45) is 2.54. The molecule has 0 spiro atoms. The molecule has 0 atom stereocenters. The van der Waals surface area contributed by atoms with Crippen molar-refractivity contribution in [2.75, 3.05) is 25.1 Å². The molecular weight excluding hydrogens is 340 g/mol. The molecule has 0 saturated carbocycles. The number of anilines is 1. The molecule has 26 heavy (non-hydrogen) atoms. The average Bonchev–Trinajstić information content (AvgIpc) is 3.07. The first kappa shape index (κ1) is 19.0. The molecule has 3 N–H and O–H groups in total. The lowest BCUT2D eigenvalue weighted by atomic mass is 10.2. The number of hydrogen-bond acceptors (Lipinski definition) is 6. The van der Waals surface area contributed by atoms with E-state index < -0.39 is 4.92 Å². The van der Waals surface area contributed by atoms with Gasteiger partial charge in [0, 0.05) is 6.07 Å². The fourth-order valence-electron chi connectivity index (χ4n) is 2.16. The Hall–Kier alpha value is -3.30. The van der Waals surface area contributed by atoms with Crippen LogP contribution in [0, 0.1) is 10.1 Å². The lowest BCUT2D eigenvalue weighted by Gasteiger charge is -2.14. The van der Waals surface area contributed by atoms with Crippen LogP contribution in [0.3, 0.4) is 0 Å². The number of hydrogen-bond donors (Lipinski definition) is 2. The van der Waals surface area contributed by atoms with Gasteiger partial charge in [0.25, 0.3) is 0 Å². The van der Waals surface area contributed by atoms with Gasteiger partial charge in [0.05, 0.1) is 36.9 Å². The van der Waals surface area contributed by atoms with Gasteiger partial charge in [-0.05, 0) is 26.0 Å². The molecule has 0 aliphatic carbocycles. The van der Waals surface area contributed by atoms with Gasteiger partial charge in [-0.1, -0.05) is 0 Å². The van der Waals surface area contributed by atoms with E-state index >= 15 is 0 Å². The number of guanidine groups is 1. The molecule has 1 aromatic heterocycles. The minimum atomic E-state index is -0.497. The van der Waals surface area contributed by atoms with Crippen LogP contribution in [0.4, 0.5) is 11.4 Å². The summed E-state index contributed by atoms with van der Waals surface area (Å²) in [5, 5.41) is 17.5. The smallest absolute Gasteiger partial charge is 0.306 e. The lowest BCUT2D eigenvalue weighted by Crippen LogP contribution is -2.24. The highest BCUT2D eigenvalue weighted by atomic mass is 16.6. The number of ether oxygens (including phenoxy) is 2. The Bertz CT molecular complexity index is 774. The molecule has 0 bridgehead atoms. The van der Waals surface area contributed by atoms with Gasteiger partial charge in [-0.2, -0.15) is 5.10 Å². The van der Waals surface area contributed by atoms with Crippen LogP contribution >= 0.6 is 0 Å². The molecule has 0 aliphatic rings. The van der Waals surface area contributed by atoms with Crippen molar-refractivity contribution < 1.29 is 14.4 Å². The third kappa shape index (κ3) is 5.36. The van der Waals surface area contributed by atoms with Gasteiger partial charge in [-0.25, -0.2) is 0 Å². The van der Waals surface area contributed by atoms with E-state index in [1.165, 1.54) is 17.1 Å². The summed E-state index contributed by atoms with van der Waals surface area (Å²) in [5.74, 6) is 1.52. The zero-order valence-corrected chi connectivity index (χ0v) is 14.7. The maximum Gasteiger partial charge on any atom is 0.306 e. The highest BCUT2D eigenvalue weighted by Gasteiger charge is 2.09. The predicted molar refractivity (Wildman–Crippen MR) is 97.8 cm³/mol. The van der Waals surface area contributed by atoms with Gasteiger partial charge in [0.1, 0.15) is 23.9 Å². The third-order valence-electron chi connectivity index (χ3n) is 3.27. The molecule has 1 heterocycles. The Labute approximate surface area is 150 Å². The maximum atomic E-state index is 10.6. The molecule has 10 nitrogen and oxygen atoms in total. The van der Waals surface area contributed by atoms with E-state index in [1.807, 2.05) is 19.9 Å². The first-order valence-electron chi connectivity index (χ1n) is 8.17. The summed E-state index contributed by atoms with van der Waals surface area (Å²) in [6.45, 7) is 5.53. The third-order valence-corrected chi connectivity index (χ3v) is 3.27. The standard InChI is InChI=1S/C16H22N6O4/c1-3-25-13-5-6-15(26-4-2)14(9-13)20-16(17)18-7-8-21-11-12(10-19-21)22(23)24/h5-6,9-11H,3-4,7-8H2,1-2H3,(H3,17,18,20). The van der Waals surface area contributed by atoms with Crippen molar-refractivity contribution in [2.24, 2.45) is 10.7 Å². The Morgan fingerprint density at radius 3 is 2.81 bits per heavy atom. The monoisotopic (exact) mass is 362 g/mol. The van der Waals surface area contributed by atoms with Crippen LogP contribution in [-0.4, -0.2) is 40.4 Å². The molecule has 1 aromatic carbocycles. The second-order valence-electron chi connectivity index (χ2n) is 5.13. The first-order valence-corrected chi connectivity index (χ1v) is 8.17. The van der Waals surface area contributed by atoms with E-state index in [0.717, 1.165) is 0 Å². The number of nitrogens with two attached hydrogens (primary N) is 1. The number of rotatable bonds is 9. The Balaban J connectivity index is 2.00. The number of benzene rings is 1. The fourth-order valence-corrected chi connectivity index (χ4v) is 2.16. The van der Waals surface area contributed by atoms with Crippen molar-refractivity contribution in [3.8, 4) is 11.5 Å². The largest absolute Gasteiger partial charge is 0.494 e. The molecule has 0 amide bonds. The molecular formula is C16H22N6O4. The summed E-state index contributed by atoms with van der Waals surface area (Å²) in [6, 6.07) is 5.40. The summed E-state index contributed by atoms with van der Waals surface area (Å²) in [4.78, 5) is 14.3. The molecule has 2 rings (SSSR count). The highest BCUT2D eigenvalue weighted by molar-refractivity contribution is 5.94. The van der Waals surface area contributed by atoms with Crippen LogP contribution in [0.1, 0.15) is 13.8 Å². The van der Waals surface area contributed by atoms with Gasteiger partial charge in [0.2, 0.25) is 0 Å². The van der Waals surface area contributed by atoms with Crippen molar-refractivity contribution >= 4 is 17.3 Å². The first-order chi connectivity index (χ1) is 12.5. The molecule has 10 heteroatoms. The topological polar surface area (TPSA) is 130 Å². The molecule has 0 aliphatic heterocycles. The van der Waals surface area contributed by atoms with Crippen LogP contribution in [0.2, 0.25) is 0 Å². The average molecular weight is 362 g/mol. The summed E-state index contributed by atoms with van der Waals surface area (Å²) in [7, 11) is 0. The fraction of sp³-hybridized carbons (Fsp3) is 0.375. The van der Waals surface area contributed by atoms with E-state index in [9.17, 15) is 10.1 Å². The number of aliphatic imine (C=N–C) groups is 1. The zero-order chi connectivity index (χ0) is 18.9. The van der Waals surface area contributed by atoms with E-state index in [2.05, 4.69) is 15.4 Å². The SMILES string of the molecule is CCOc1ccc(OCC)c(NC(N)=NCCn2cc([N+](=O)[O-])cn2)c1.